The molecule has 6 aromatic rings. The summed E-state index contributed by atoms with van der Waals surface area (Å²) >= 11 is 9.11. The van der Waals surface area contributed by atoms with Crippen molar-refractivity contribution < 1.29 is 24.0 Å². The number of thiazole rings is 1. The molecule has 13 heteroatoms. The number of hydrogen-bond acceptors (Lipinski definition) is 10. The summed E-state index contributed by atoms with van der Waals surface area (Å²) in [5, 5.41) is 12.6. The van der Waals surface area contributed by atoms with E-state index >= 15 is 0 Å². The molecular formula is C48H42ClN5O5S2. The first-order valence-corrected chi connectivity index (χ1v) is 22.2. The quantitative estimate of drug-likeness (QED) is 0.0262. The van der Waals surface area contributed by atoms with Crippen molar-refractivity contribution >= 4 is 63.3 Å². The van der Waals surface area contributed by atoms with Crippen molar-refractivity contribution in [3.8, 4) is 0 Å². The number of ether oxygens (including phenoxy) is 1. The van der Waals surface area contributed by atoms with Crippen molar-refractivity contribution in [1.82, 2.24) is 15.2 Å². The molecule has 61 heavy (non-hydrogen) atoms. The first kappa shape index (κ1) is 41.5. The maximum Gasteiger partial charge on any atom is 0.356 e. The summed E-state index contributed by atoms with van der Waals surface area (Å²) in [6.45, 7) is 3.60. The molecule has 0 bridgehead atoms. The zero-order valence-electron chi connectivity index (χ0n) is 33.3. The fraction of sp³-hybridized carbons (Fsp3) is 0.188. The molecule has 1 unspecified atom stereocenters. The van der Waals surface area contributed by atoms with Crippen LogP contribution in [0, 0.1) is 0 Å². The third-order valence-electron chi connectivity index (χ3n) is 10.3. The van der Waals surface area contributed by atoms with E-state index in [1.165, 1.54) is 28.0 Å². The highest BCUT2D eigenvalue weighted by Crippen LogP contribution is 2.43. The molecule has 308 valence electrons. The SMILES string of the molecule is CC(C)O/N=C(/C(=O)NC1C(=O)N2C(C(=O)OC(c3ccccc3)c3ccccc3)=C(CCl)CS[C@H]12)c1csc(NC(c2ccccc2)(c2ccccc2)c2ccccc2)n1. The van der Waals surface area contributed by atoms with Gasteiger partial charge in [-0.1, -0.05) is 157 Å². The van der Waals surface area contributed by atoms with Crippen LogP contribution in [0.25, 0.3) is 0 Å². The number of hydrogen-bond donors (Lipinski definition) is 2. The highest BCUT2D eigenvalue weighted by atomic mass is 35.5. The number of rotatable bonds is 15. The maximum atomic E-state index is 14.3. The smallest absolute Gasteiger partial charge is 0.356 e. The standard InChI is InChI=1S/C48H42ClN5O5S2/c1-31(2)59-53-39(38-30-61-47(50-38)52-48(35-22-12-5-13-23-35,36-24-14-6-15-25-36)37-26-16-7-17-27-37)43(55)51-40-44(56)54-41(34(28-49)29-60-45(40)54)46(57)58-42(32-18-8-3-9-19-32)33-20-10-4-11-21-33/h3-27,30-31,40,42,45H,28-29H2,1-2H3,(H,50,52)(H,51,55)/b53-39+/t40?,45-/m1/s1. The van der Waals surface area contributed by atoms with E-state index in [1.807, 2.05) is 115 Å². The Bertz CT molecular complexity index is 2400. The van der Waals surface area contributed by atoms with Gasteiger partial charge in [0.2, 0.25) is 0 Å². The molecule has 0 spiro atoms. The minimum Gasteiger partial charge on any atom is -0.448 e. The number of carbonyl (C=O) groups is 3. The maximum absolute atomic E-state index is 14.3. The van der Waals surface area contributed by atoms with Gasteiger partial charge in [0.1, 0.15) is 34.4 Å². The lowest BCUT2D eigenvalue weighted by Gasteiger charge is -2.49. The number of benzene rings is 5. The second kappa shape index (κ2) is 18.6. The van der Waals surface area contributed by atoms with Crippen LogP contribution in [-0.2, 0) is 29.5 Å². The number of esters is 1. The van der Waals surface area contributed by atoms with Crippen LogP contribution in [0.15, 0.2) is 173 Å². The van der Waals surface area contributed by atoms with Crippen molar-refractivity contribution in [2.75, 3.05) is 16.9 Å². The number of fused-ring (bicyclic) bond motifs is 1. The van der Waals surface area contributed by atoms with Gasteiger partial charge in [-0.3, -0.25) is 14.5 Å². The van der Waals surface area contributed by atoms with E-state index in [1.54, 1.807) is 19.2 Å². The van der Waals surface area contributed by atoms with Crippen LogP contribution in [0.4, 0.5) is 5.13 Å². The van der Waals surface area contributed by atoms with Gasteiger partial charge in [-0.15, -0.1) is 34.7 Å². The van der Waals surface area contributed by atoms with Gasteiger partial charge in [0.15, 0.2) is 16.9 Å². The normalized spacial score (nSPS) is 16.5. The average molecular weight is 868 g/mol. The summed E-state index contributed by atoms with van der Waals surface area (Å²) in [6, 6.07) is 48.2. The number of thioether (sulfide) groups is 1. The number of amides is 2. The highest BCUT2D eigenvalue weighted by Gasteiger charge is 2.55. The Hall–Kier alpha value is -6.21. The van der Waals surface area contributed by atoms with Gasteiger partial charge in [0.05, 0.1) is 0 Å². The number of oxime groups is 1. The van der Waals surface area contributed by atoms with Crippen LogP contribution < -0.4 is 10.6 Å². The molecule has 8 rings (SSSR count). The minimum absolute atomic E-state index is 0.0238. The largest absolute Gasteiger partial charge is 0.448 e. The minimum atomic E-state index is -0.974. The Morgan fingerprint density at radius 3 is 1.82 bits per heavy atom. The molecule has 0 aliphatic carbocycles. The van der Waals surface area contributed by atoms with Crippen molar-refractivity contribution in [2.24, 2.45) is 5.16 Å². The zero-order valence-corrected chi connectivity index (χ0v) is 35.7. The predicted molar refractivity (Wildman–Crippen MR) is 241 cm³/mol. The fourth-order valence-corrected chi connectivity index (χ4v) is 9.90. The molecule has 3 heterocycles. The first-order chi connectivity index (χ1) is 29.8. The topological polar surface area (TPSA) is 122 Å². The number of carbonyl (C=O) groups excluding carboxylic acids is 3. The van der Waals surface area contributed by atoms with E-state index in [2.05, 4.69) is 52.2 Å². The molecule has 2 atom stereocenters. The monoisotopic (exact) mass is 867 g/mol. The first-order valence-electron chi connectivity index (χ1n) is 19.8. The van der Waals surface area contributed by atoms with E-state index in [4.69, 9.17) is 26.2 Å². The number of halogens is 1. The van der Waals surface area contributed by atoms with Crippen molar-refractivity contribution in [2.45, 2.75) is 43.0 Å². The molecule has 0 saturated carbocycles. The number of nitrogens with zero attached hydrogens (tertiary/aromatic N) is 3. The van der Waals surface area contributed by atoms with E-state index in [0.29, 0.717) is 16.5 Å². The molecule has 10 nitrogen and oxygen atoms in total. The summed E-state index contributed by atoms with van der Waals surface area (Å²) in [5.74, 6) is -1.42. The van der Waals surface area contributed by atoms with Crippen LogP contribution >= 0.6 is 34.7 Å². The second-order valence-corrected chi connectivity index (χ2v) is 16.9. The summed E-state index contributed by atoms with van der Waals surface area (Å²) in [7, 11) is 0. The van der Waals surface area contributed by atoms with Gasteiger partial charge < -0.3 is 20.2 Å². The van der Waals surface area contributed by atoms with Crippen molar-refractivity contribution in [3.63, 3.8) is 0 Å². The van der Waals surface area contributed by atoms with E-state index in [-0.39, 0.29) is 29.1 Å². The van der Waals surface area contributed by atoms with Gasteiger partial charge in [-0.05, 0) is 47.2 Å². The summed E-state index contributed by atoms with van der Waals surface area (Å²) in [6.07, 6.45) is -1.08. The highest BCUT2D eigenvalue weighted by molar-refractivity contribution is 8.00. The van der Waals surface area contributed by atoms with E-state index in [9.17, 15) is 14.4 Å². The molecule has 2 N–H and O–H groups in total. The molecular weight excluding hydrogens is 826 g/mol. The van der Waals surface area contributed by atoms with Crippen LogP contribution in [0.5, 0.6) is 0 Å². The van der Waals surface area contributed by atoms with Crippen molar-refractivity contribution in [1.29, 1.82) is 0 Å². The molecule has 2 aliphatic heterocycles. The summed E-state index contributed by atoms with van der Waals surface area (Å²) in [5.41, 5.74) is 4.48. The Morgan fingerprint density at radius 2 is 1.33 bits per heavy atom. The number of β-lactam (4-membered cyclic amide) rings is 1. The lowest BCUT2D eigenvalue weighted by molar-refractivity contribution is -0.154. The van der Waals surface area contributed by atoms with Crippen LogP contribution in [0.2, 0.25) is 0 Å². The van der Waals surface area contributed by atoms with Gasteiger partial charge in [-0.2, -0.15) is 0 Å². The van der Waals surface area contributed by atoms with Crippen molar-refractivity contribution in [3.05, 3.63) is 202 Å². The number of nitrogens with one attached hydrogen (secondary N) is 2. The fourth-order valence-electron chi connectivity index (χ4n) is 7.48. The summed E-state index contributed by atoms with van der Waals surface area (Å²) in [4.78, 5) is 54.4. The number of aromatic nitrogens is 1. The average Bonchev–Trinajstić information content (AvgIpc) is 3.77. The molecule has 1 aromatic heterocycles. The van der Waals surface area contributed by atoms with Gasteiger partial charge >= 0.3 is 5.97 Å². The Kier molecular flexibility index (Phi) is 12.7. The Labute approximate surface area is 367 Å². The molecule has 2 amide bonds. The Morgan fingerprint density at radius 1 is 0.820 bits per heavy atom. The molecule has 5 aromatic carbocycles. The lowest BCUT2D eigenvalue weighted by Crippen LogP contribution is -2.71. The third kappa shape index (κ3) is 8.56. The second-order valence-electron chi connectivity index (χ2n) is 14.7. The van der Waals surface area contributed by atoms with Crippen LogP contribution in [0.1, 0.15) is 53.5 Å². The van der Waals surface area contributed by atoms with E-state index < -0.39 is 40.8 Å². The lowest BCUT2D eigenvalue weighted by atomic mass is 9.77. The molecule has 0 radical (unpaired) electrons. The predicted octanol–water partition coefficient (Wildman–Crippen LogP) is 8.90. The van der Waals surface area contributed by atoms with Gasteiger partial charge in [-0.25, -0.2) is 9.78 Å². The number of anilines is 1. The molecule has 2 aliphatic rings. The van der Waals surface area contributed by atoms with Gasteiger partial charge in [0, 0.05) is 17.0 Å². The van der Waals surface area contributed by atoms with E-state index in [0.717, 1.165) is 27.8 Å². The summed E-state index contributed by atoms with van der Waals surface area (Å²) < 4.78 is 6.19. The van der Waals surface area contributed by atoms with Gasteiger partial charge in [0.25, 0.3) is 11.8 Å². The Balaban J connectivity index is 1.05. The zero-order chi connectivity index (χ0) is 42.3. The molecule has 1 saturated heterocycles. The third-order valence-corrected chi connectivity index (χ3v) is 12.8. The number of alkyl halides is 1. The van der Waals surface area contributed by atoms with Crippen LogP contribution in [-0.4, -0.2) is 62.5 Å². The van der Waals surface area contributed by atoms with Crippen LogP contribution in [0.3, 0.4) is 0 Å². The molecule has 1 fully saturated rings.